The van der Waals surface area contributed by atoms with Gasteiger partial charge in [-0.1, -0.05) is 138 Å². The molecule has 0 aliphatic rings. The van der Waals surface area contributed by atoms with Crippen molar-refractivity contribution in [1.82, 2.24) is 0 Å². The third-order valence-corrected chi connectivity index (χ3v) is 18.8. The molecule has 0 aromatic rings. The van der Waals surface area contributed by atoms with E-state index in [4.69, 9.17) is 0 Å². The van der Waals surface area contributed by atoms with Gasteiger partial charge in [-0.05, 0) is 25.7 Å². The van der Waals surface area contributed by atoms with Gasteiger partial charge in [-0.25, -0.2) is 33.7 Å². The Bertz CT molecular complexity index is 1090. The fraction of sp³-hybridized carbons (Fsp3) is 0.733. The molecule has 0 amide bonds. The Labute approximate surface area is 277 Å². The lowest BCUT2D eigenvalue weighted by atomic mass is 10.1. The minimum absolute atomic E-state index is 0.0698. The predicted molar refractivity (Wildman–Crippen MR) is 192 cm³/mol. The number of hydrogen-bond donors (Lipinski definition) is 0. The van der Waals surface area contributed by atoms with Crippen molar-refractivity contribution >= 4 is 60.9 Å². The van der Waals surface area contributed by atoms with Crippen LogP contribution < -0.4 is 0 Å². The minimum Gasteiger partial charge on any atom is -0.223 e. The molecule has 0 aliphatic carbocycles. The summed E-state index contributed by atoms with van der Waals surface area (Å²) < 4.78 is 93.3. The Kier molecular flexibility index (Phi) is 23.4. The maximum Gasteiger partial charge on any atom is 0.188 e. The van der Waals surface area contributed by atoms with Crippen LogP contribution in [-0.4, -0.2) is 54.3 Å². The van der Waals surface area contributed by atoms with E-state index in [9.17, 15) is 33.7 Å². The fourth-order valence-electron chi connectivity index (χ4n) is 4.64. The SMILES string of the molecule is C=CS(=O)(=O)C(CCCCCCCCCCSSCCCCCCCCCCC(S(=O)(=O)C=C)S(=O)(=O)C=C)S(=O)(=O)C=C. The van der Waals surface area contributed by atoms with Crippen molar-refractivity contribution < 1.29 is 33.7 Å². The predicted octanol–water partition coefficient (Wildman–Crippen LogP) is 8.28. The lowest BCUT2D eigenvalue weighted by Crippen LogP contribution is -2.27. The second kappa shape index (κ2) is 23.7. The van der Waals surface area contributed by atoms with E-state index in [1.807, 2.05) is 21.6 Å². The van der Waals surface area contributed by atoms with E-state index in [0.29, 0.717) is 12.8 Å². The fourth-order valence-corrected chi connectivity index (χ4v) is 13.7. The molecule has 14 heteroatoms. The highest BCUT2D eigenvalue weighted by Crippen LogP contribution is 2.26. The average molecular weight is 735 g/mol. The zero-order chi connectivity index (χ0) is 33.5. The molecule has 0 spiro atoms. The quantitative estimate of drug-likeness (QED) is 0.0506. The molecule has 0 bridgehead atoms. The Balaban J connectivity index is 3.67. The maximum atomic E-state index is 12.0. The Hall–Kier alpha value is -0.540. The van der Waals surface area contributed by atoms with Crippen molar-refractivity contribution in [2.75, 3.05) is 11.5 Å². The summed E-state index contributed by atoms with van der Waals surface area (Å²) in [5.41, 5.74) is 0. The topological polar surface area (TPSA) is 137 Å². The third kappa shape index (κ3) is 18.6. The van der Waals surface area contributed by atoms with Crippen LogP contribution >= 0.6 is 21.6 Å². The maximum absolute atomic E-state index is 12.0. The van der Waals surface area contributed by atoms with Gasteiger partial charge >= 0.3 is 0 Å². The molecule has 0 saturated carbocycles. The zero-order valence-corrected chi connectivity index (χ0v) is 31.0. The Morgan fingerprint density at radius 1 is 0.364 bits per heavy atom. The van der Waals surface area contributed by atoms with Crippen LogP contribution in [0.25, 0.3) is 0 Å². The van der Waals surface area contributed by atoms with E-state index in [-0.39, 0.29) is 12.8 Å². The van der Waals surface area contributed by atoms with Gasteiger partial charge in [-0.2, -0.15) is 0 Å². The Morgan fingerprint density at radius 3 is 0.795 bits per heavy atom. The number of rotatable bonds is 31. The van der Waals surface area contributed by atoms with E-state index in [1.165, 1.54) is 38.5 Å². The van der Waals surface area contributed by atoms with Crippen molar-refractivity contribution in [2.24, 2.45) is 0 Å². The van der Waals surface area contributed by atoms with E-state index in [2.05, 4.69) is 26.3 Å². The molecule has 0 rings (SSSR count). The van der Waals surface area contributed by atoms with Gasteiger partial charge in [0.2, 0.25) is 0 Å². The van der Waals surface area contributed by atoms with E-state index < -0.39 is 48.5 Å². The highest BCUT2D eigenvalue weighted by Gasteiger charge is 2.34. The molecule has 0 radical (unpaired) electrons. The lowest BCUT2D eigenvalue weighted by Gasteiger charge is -2.13. The summed E-state index contributed by atoms with van der Waals surface area (Å²) in [5, 5.41) is 2.88. The third-order valence-electron chi connectivity index (χ3n) is 7.31. The molecule has 0 N–H and O–H groups in total. The van der Waals surface area contributed by atoms with Crippen molar-refractivity contribution in [3.05, 3.63) is 47.9 Å². The molecule has 0 aliphatic heterocycles. The van der Waals surface area contributed by atoms with Gasteiger partial charge in [0.1, 0.15) is 0 Å². The molecule has 0 saturated heterocycles. The summed E-state index contributed by atoms with van der Waals surface area (Å²) in [5.74, 6) is 2.29. The molecule has 0 aromatic carbocycles. The molecule has 0 atom stereocenters. The monoisotopic (exact) mass is 734 g/mol. The van der Waals surface area contributed by atoms with Crippen LogP contribution in [0.2, 0.25) is 0 Å². The van der Waals surface area contributed by atoms with Crippen molar-refractivity contribution in [3.8, 4) is 0 Å². The minimum atomic E-state index is -3.90. The molecular formula is C30H54O8S6. The summed E-state index contributed by atoms with van der Waals surface area (Å²) in [4.78, 5) is 0. The molecular weight excluding hydrogens is 681 g/mol. The first-order valence-electron chi connectivity index (χ1n) is 15.4. The van der Waals surface area contributed by atoms with Gasteiger partial charge < -0.3 is 0 Å². The average Bonchev–Trinajstić information content (AvgIpc) is 2.98. The first-order chi connectivity index (χ1) is 20.7. The molecule has 8 nitrogen and oxygen atoms in total. The number of unbranched alkanes of at least 4 members (excludes halogenated alkanes) is 14. The summed E-state index contributed by atoms with van der Waals surface area (Å²) >= 11 is 0. The molecule has 0 heterocycles. The van der Waals surface area contributed by atoms with Gasteiger partial charge in [0, 0.05) is 33.1 Å². The van der Waals surface area contributed by atoms with E-state index in [0.717, 1.165) is 84.5 Å². The first-order valence-corrected chi connectivity index (χ1v) is 24.3. The van der Waals surface area contributed by atoms with Crippen LogP contribution in [0, 0.1) is 0 Å². The summed E-state index contributed by atoms with van der Waals surface area (Å²) in [6.45, 7) is 13.0. The van der Waals surface area contributed by atoms with Gasteiger partial charge in [-0.3, -0.25) is 0 Å². The second-order valence-corrected chi connectivity index (χ2v) is 22.4. The summed E-state index contributed by atoms with van der Waals surface area (Å²) in [7, 11) is -11.7. The molecule has 0 aromatic heterocycles. The lowest BCUT2D eigenvalue weighted by molar-refractivity contribution is 0.551. The summed E-state index contributed by atoms with van der Waals surface area (Å²) in [6.07, 6.45) is 16.3. The highest BCUT2D eigenvalue weighted by atomic mass is 33.1. The van der Waals surface area contributed by atoms with Crippen LogP contribution in [0.1, 0.15) is 116 Å². The largest absolute Gasteiger partial charge is 0.223 e. The molecule has 0 fully saturated rings. The van der Waals surface area contributed by atoms with Crippen LogP contribution in [0.4, 0.5) is 0 Å². The van der Waals surface area contributed by atoms with Crippen LogP contribution in [0.3, 0.4) is 0 Å². The van der Waals surface area contributed by atoms with E-state index >= 15 is 0 Å². The standard InChI is InChI=1S/C30H54O8S6/c1-5-41(31,32)29(42(33,34)6-2)25-21-17-13-9-11-15-19-23-27-39-40-28-24-20-16-12-10-14-18-22-26-30(43(35,36)7-3)44(37,38)8-4/h5-8,29-30H,1-4,9-28H2. The van der Waals surface area contributed by atoms with E-state index in [1.54, 1.807) is 0 Å². The zero-order valence-electron chi connectivity index (χ0n) is 26.2. The van der Waals surface area contributed by atoms with Gasteiger partial charge in [0.25, 0.3) is 0 Å². The molecule has 0 unspecified atom stereocenters. The normalized spacial score (nSPS) is 12.9. The van der Waals surface area contributed by atoms with Crippen molar-refractivity contribution in [2.45, 2.75) is 125 Å². The summed E-state index contributed by atoms with van der Waals surface area (Å²) in [6, 6.07) is 0. The van der Waals surface area contributed by atoms with Gasteiger partial charge in [0.05, 0.1) is 0 Å². The molecule has 258 valence electrons. The highest BCUT2D eigenvalue weighted by molar-refractivity contribution is 8.76. The Morgan fingerprint density at radius 2 is 0.568 bits per heavy atom. The second-order valence-electron chi connectivity index (χ2n) is 10.8. The number of sulfone groups is 4. The van der Waals surface area contributed by atoms with Gasteiger partial charge in [0.15, 0.2) is 48.5 Å². The van der Waals surface area contributed by atoms with Crippen molar-refractivity contribution in [3.63, 3.8) is 0 Å². The van der Waals surface area contributed by atoms with Crippen LogP contribution in [0.5, 0.6) is 0 Å². The smallest absolute Gasteiger partial charge is 0.188 e. The van der Waals surface area contributed by atoms with Crippen LogP contribution in [-0.2, 0) is 39.3 Å². The first kappa shape index (κ1) is 43.5. The van der Waals surface area contributed by atoms with Gasteiger partial charge in [-0.15, -0.1) is 0 Å². The van der Waals surface area contributed by atoms with Crippen LogP contribution in [0.15, 0.2) is 47.9 Å². The number of hydrogen-bond acceptors (Lipinski definition) is 10. The molecule has 44 heavy (non-hydrogen) atoms. The van der Waals surface area contributed by atoms with Crippen molar-refractivity contribution in [1.29, 1.82) is 0 Å².